The van der Waals surface area contributed by atoms with Crippen LogP contribution in [0.15, 0.2) is 77.7 Å². The molecule has 1 atom stereocenters. The van der Waals surface area contributed by atoms with Crippen LogP contribution in [-0.4, -0.2) is 26.3 Å². The first kappa shape index (κ1) is 23.9. The van der Waals surface area contributed by atoms with Crippen LogP contribution < -0.4 is 15.4 Å². The number of halogens is 1. The van der Waals surface area contributed by atoms with E-state index >= 15 is 0 Å². The predicted octanol–water partition coefficient (Wildman–Crippen LogP) is 3.37. The SMILES string of the molecule is Cc1ccc(S(=O)(=O)Nc2cccc(C(=O)NC(C)C(=O)NCc3ccccc3)c2)cc1F. The second-order valence-electron chi connectivity index (χ2n) is 7.50. The van der Waals surface area contributed by atoms with Crippen molar-refractivity contribution in [2.24, 2.45) is 0 Å². The Morgan fingerprint density at radius 3 is 2.39 bits per heavy atom. The fourth-order valence-corrected chi connectivity index (χ4v) is 4.02. The predicted molar refractivity (Wildman–Crippen MR) is 124 cm³/mol. The molecule has 33 heavy (non-hydrogen) atoms. The first-order valence-corrected chi connectivity index (χ1v) is 11.7. The minimum atomic E-state index is -4.05. The Balaban J connectivity index is 1.63. The van der Waals surface area contributed by atoms with Crippen molar-refractivity contribution in [3.05, 3.63) is 95.3 Å². The quantitative estimate of drug-likeness (QED) is 0.471. The van der Waals surface area contributed by atoms with Crippen LogP contribution in [-0.2, 0) is 21.4 Å². The maximum atomic E-state index is 13.8. The third-order valence-corrected chi connectivity index (χ3v) is 6.26. The van der Waals surface area contributed by atoms with Crippen molar-refractivity contribution < 1.29 is 22.4 Å². The van der Waals surface area contributed by atoms with E-state index in [0.29, 0.717) is 12.1 Å². The molecule has 0 aliphatic heterocycles. The molecule has 0 radical (unpaired) electrons. The highest BCUT2D eigenvalue weighted by molar-refractivity contribution is 7.92. The summed E-state index contributed by atoms with van der Waals surface area (Å²) in [6, 6.07) is 18.0. The molecule has 0 heterocycles. The Hall–Kier alpha value is -3.72. The molecular formula is C24H24FN3O4S. The number of sulfonamides is 1. The minimum Gasteiger partial charge on any atom is -0.350 e. The molecule has 3 aromatic carbocycles. The van der Waals surface area contributed by atoms with Crippen LogP contribution in [0.25, 0.3) is 0 Å². The van der Waals surface area contributed by atoms with Gasteiger partial charge in [0.15, 0.2) is 0 Å². The molecule has 0 aromatic heterocycles. The van der Waals surface area contributed by atoms with Gasteiger partial charge in [-0.05, 0) is 55.3 Å². The summed E-state index contributed by atoms with van der Waals surface area (Å²) in [5.41, 5.74) is 1.55. The molecule has 0 aliphatic rings. The zero-order chi connectivity index (χ0) is 24.0. The van der Waals surface area contributed by atoms with Gasteiger partial charge in [-0.1, -0.05) is 42.5 Å². The van der Waals surface area contributed by atoms with Crippen LogP contribution in [0.1, 0.15) is 28.4 Å². The summed E-state index contributed by atoms with van der Waals surface area (Å²) in [4.78, 5) is 24.7. The lowest BCUT2D eigenvalue weighted by molar-refractivity contribution is -0.122. The molecule has 9 heteroatoms. The third kappa shape index (κ3) is 6.39. The molecule has 3 rings (SSSR count). The highest BCUT2D eigenvalue weighted by Gasteiger charge is 2.19. The van der Waals surface area contributed by atoms with Crippen LogP contribution in [0.3, 0.4) is 0 Å². The zero-order valence-corrected chi connectivity index (χ0v) is 18.9. The molecule has 0 saturated heterocycles. The van der Waals surface area contributed by atoms with E-state index < -0.39 is 27.8 Å². The molecule has 1 unspecified atom stereocenters. The van der Waals surface area contributed by atoms with Crippen molar-refractivity contribution in [3.63, 3.8) is 0 Å². The van der Waals surface area contributed by atoms with Gasteiger partial charge in [0.2, 0.25) is 5.91 Å². The Bertz CT molecular complexity index is 1260. The van der Waals surface area contributed by atoms with E-state index in [0.717, 1.165) is 11.6 Å². The Labute approximate surface area is 192 Å². The number of hydrogen-bond donors (Lipinski definition) is 3. The van der Waals surface area contributed by atoms with Gasteiger partial charge >= 0.3 is 0 Å². The number of aryl methyl sites for hydroxylation is 1. The number of hydrogen-bond acceptors (Lipinski definition) is 4. The van der Waals surface area contributed by atoms with Crippen molar-refractivity contribution in [1.82, 2.24) is 10.6 Å². The van der Waals surface area contributed by atoms with Gasteiger partial charge in [0.05, 0.1) is 4.90 Å². The van der Waals surface area contributed by atoms with Gasteiger partial charge < -0.3 is 10.6 Å². The van der Waals surface area contributed by atoms with Crippen molar-refractivity contribution in [2.45, 2.75) is 31.3 Å². The van der Waals surface area contributed by atoms with Crippen LogP contribution >= 0.6 is 0 Å². The van der Waals surface area contributed by atoms with Gasteiger partial charge in [0, 0.05) is 17.8 Å². The third-order valence-electron chi connectivity index (χ3n) is 4.88. The standard InChI is InChI=1S/C24H24FN3O4S/c1-16-11-12-21(14-22(16)25)33(31,32)28-20-10-6-9-19(13-20)24(30)27-17(2)23(29)26-15-18-7-4-3-5-8-18/h3-14,17,28H,15H2,1-2H3,(H,26,29)(H,27,30). The van der Waals surface area contributed by atoms with E-state index in [1.165, 1.54) is 43.3 Å². The van der Waals surface area contributed by atoms with Gasteiger partial charge in [-0.3, -0.25) is 14.3 Å². The van der Waals surface area contributed by atoms with Gasteiger partial charge in [-0.2, -0.15) is 0 Å². The minimum absolute atomic E-state index is 0.129. The molecule has 2 amide bonds. The van der Waals surface area contributed by atoms with Crippen molar-refractivity contribution in [1.29, 1.82) is 0 Å². The Kier molecular flexibility index (Phi) is 7.44. The lowest BCUT2D eigenvalue weighted by atomic mass is 10.1. The highest BCUT2D eigenvalue weighted by Crippen LogP contribution is 2.19. The molecule has 0 fully saturated rings. The van der Waals surface area contributed by atoms with Gasteiger partial charge in [0.25, 0.3) is 15.9 Å². The summed E-state index contributed by atoms with van der Waals surface area (Å²) >= 11 is 0. The second kappa shape index (κ2) is 10.3. The second-order valence-corrected chi connectivity index (χ2v) is 9.18. The monoisotopic (exact) mass is 469 g/mol. The largest absolute Gasteiger partial charge is 0.350 e. The zero-order valence-electron chi connectivity index (χ0n) is 18.1. The van der Waals surface area contributed by atoms with Crippen LogP contribution in [0.2, 0.25) is 0 Å². The lowest BCUT2D eigenvalue weighted by Gasteiger charge is -2.15. The summed E-state index contributed by atoms with van der Waals surface area (Å²) in [5.74, 6) is -1.53. The summed E-state index contributed by atoms with van der Waals surface area (Å²) in [5, 5.41) is 5.34. The summed E-state index contributed by atoms with van der Waals surface area (Å²) < 4.78 is 41.3. The van der Waals surface area contributed by atoms with Crippen LogP contribution in [0.5, 0.6) is 0 Å². The van der Waals surface area contributed by atoms with E-state index in [4.69, 9.17) is 0 Å². The Morgan fingerprint density at radius 2 is 1.70 bits per heavy atom. The first-order valence-electron chi connectivity index (χ1n) is 10.2. The van der Waals surface area contributed by atoms with E-state index in [1.54, 1.807) is 6.92 Å². The Morgan fingerprint density at radius 1 is 0.970 bits per heavy atom. The molecular weight excluding hydrogens is 445 g/mol. The number of nitrogens with one attached hydrogen (secondary N) is 3. The number of carbonyl (C=O) groups is 2. The number of amides is 2. The average molecular weight is 470 g/mol. The van der Waals surface area contributed by atoms with Gasteiger partial charge in [-0.15, -0.1) is 0 Å². The topological polar surface area (TPSA) is 104 Å². The summed E-state index contributed by atoms with van der Waals surface area (Å²) in [7, 11) is -4.05. The maximum Gasteiger partial charge on any atom is 0.261 e. The fraction of sp³-hybridized carbons (Fsp3) is 0.167. The van der Waals surface area contributed by atoms with Crippen LogP contribution in [0, 0.1) is 12.7 Å². The molecule has 3 N–H and O–H groups in total. The number of anilines is 1. The highest BCUT2D eigenvalue weighted by atomic mass is 32.2. The van der Waals surface area contributed by atoms with E-state index in [-0.39, 0.29) is 22.1 Å². The number of rotatable bonds is 8. The molecule has 172 valence electrons. The smallest absolute Gasteiger partial charge is 0.261 e. The van der Waals surface area contributed by atoms with Crippen molar-refractivity contribution in [2.75, 3.05) is 4.72 Å². The summed E-state index contributed by atoms with van der Waals surface area (Å²) in [6.07, 6.45) is 0. The normalized spacial score (nSPS) is 12.0. The van der Waals surface area contributed by atoms with E-state index in [9.17, 15) is 22.4 Å². The molecule has 0 aliphatic carbocycles. The lowest BCUT2D eigenvalue weighted by Crippen LogP contribution is -2.44. The van der Waals surface area contributed by atoms with Gasteiger partial charge in [-0.25, -0.2) is 12.8 Å². The van der Waals surface area contributed by atoms with Crippen molar-refractivity contribution in [3.8, 4) is 0 Å². The summed E-state index contributed by atoms with van der Waals surface area (Å²) in [6.45, 7) is 3.41. The molecule has 3 aromatic rings. The molecule has 7 nitrogen and oxygen atoms in total. The molecule has 0 saturated carbocycles. The number of carbonyl (C=O) groups excluding carboxylic acids is 2. The average Bonchev–Trinajstić information content (AvgIpc) is 2.79. The van der Waals surface area contributed by atoms with E-state index in [2.05, 4.69) is 15.4 Å². The maximum absolute atomic E-state index is 13.8. The molecule has 0 bridgehead atoms. The van der Waals surface area contributed by atoms with Crippen molar-refractivity contribution >= 4 is 27.5 Å². The molecule has 0 spiro atoms. The first-order chi connectivity index (χ1) is 15.7. The van der Waals surface area contributed by atoms with Gasteiger partial charge in [0.1, 0.15) is 11.9 Å². The van der Waals surface area contributed by atoms with E-state index in [1.807, 2.05) is 30.3 Å². The number of benzene rings is 3. The van der Waals surface area contributed by atoms with Crippen LogP contribution in [0.4, 0.5) is 10.1 Å². The fourth-order valence-electron chi connectivity index (χ4n) is 2.96.